The second kappa shape index (κ2) is 7.35. The van der Waals surface area contributed by atoms with Crippen molar-refractivity contribution in [1.82, 2.24) is 4.98 Å². The van der Waals surface area contributed by atoms with Crippen LogP contribution in [0.1, 0.15) is 12.1 Å². The van der Waals surface area contributed by atoms with Gasteiger partial charge in [0.1, 0.15) is 5.75 Å². The van der Waals surface area contributed by atoms with Gasteiger partial charge in [-0.3, -0.25) is 0 Å². The molecular weight excluding hydrogens is 282 g/mol. The van der Waals surface area contributed by atoms with Crippen molar-refractivity contribution in [2.24, 2.45) is 0 Å². The van der Waals surface area contributed by atoms with Crippen LogP contribution < -0.4 is 4.74 Å². The highest BCUT2D eigenvalue weighted by atomic mass is 79.9. The Kier molecular flexibility index (Phi) is 6.08. The number of hydrogen-bond donors (Lipinski definition) is 2. The first kappa shape index (κ1) is 14.1. The van der Waals surface area contributed by atoms with Crippen LogP contribution in [0.2, 0.25) is 0 Å². The van der Waals surface area contributed by atoms with Gasteiger partial charge in [-0.2, -0.15) is 0 Å². The van der Waals surface area contributed by atoms with Crippen LogP contribution in [-0.4, -0.2) is 29.1 Å². The van der Waals surface area contributed by atoms with Gasteiger partial charge in [0.15, 0.2) is 0 Å². The van der Waals surface area contributed by atoms with Gasteiger partial charge in [0.25, 0.3) is 0 Å². The number of hydrogen-bond acceptors (Lipinski definition) is 2. The van der Waals surface area contributed by atoms with E-state index < -0.39 is 0 Å². The predicted molar refractivity (Wildman–Crippen MR) is 75.1 cm³/mol. The van der Waals surface area contributed by atoms with Gasteiger partial charge in [0.2, 0.25) is 0 Å². The maximum atomic E-state index is 8.04. The maximum absolute atomic E-state index is 8.04. The predicted octanol–water partition coefficient (Wildman–Crippen LogP) is 3.25. The first-order chi connectivity index (χ1) is 8.21. The number of H-pyrrole nitrogens is 1. The van der Waals surface area contributed by atoms with Gasteiger partial charge in [-0.05, 0) is 37.6 Å². The van der Waals surface area contributed by atoms with Crippen molar-refractivity contribution in [3.8, 4) is 5.75 Å². The minimum absolute atomic E-state index is 0.297. The summed E-state index contributed by atoms with van der Waals surface area (Å²) in [5, 5.41) is 10.1. The highest BCUT2D eigenvalue weighted by molar-refractivity contribution is 9.09. The summed E-state index contributed by atoms with van der Waals surface area (Å²) in [5.74, 6) is 0.904. The zero-order chi connectivity index (χ0) is 12.7. The molecule has 4 heteroatoms. The molecule has 0 radical (unpaired) electrons. The largest absolute Gasteiger partial charge is 0.497 e. The smallest absolute Gasteiger partial charge is 0.119 e. The summed E-state index contributed by atoms with van der Waals surface area (Å²) >= 11 is 3.15. The van der Waals surface area contributed by atoms with Gasteiger partial charge < -0.3 is 14.8 Å². The van der Waals surface area contributed by atoms with Crippen LogP contribution in [0.25, 0.3) is 10.9 Å². The van der Waals surface area contributed by atoms with Gasteiger partial charge in [0, 0.05) is 28.5 Å². The van der Waals surface area contributed by atoms with E-state index in [0.29, 0.717) is 6.61 Å². The van der Waals surface area contributed by atoms with Crippen molar-refractivity contribution >= 4 is 26.8 Å². The van der Waals surface area contributed by atoms with Crippen molar-refractivity contribution < 1.29 is 9.84 Å². The van der Waals surface area contributed by atoms with E-state index in [0.717, 1.165) is 23.0 Å². The number of aliphatic hydroxyl groups is 1. The zero-order valence-electron chi connectivity index (χ0n) is 10.2. The van der Waals surface area contributed by atoms with E-state index in [1.165, 1.54) is 11.1 Å². The van der Waals surface area contributed by atoms with Crippen LogP contribution in [0.15, 0.2) is 24.3 Å². The Labute approximate surface area is 110 Å². The minimum atomic E-state index is 0.297. The molecule has 1 aromatic heterocycles. The van der Waals surface area contributed by atoms with E-state index in [2.05, 4.69) is 27.0 Å². The lowest BCUT2D eigenvalue weighted by Crippen LogP contribution is -1.80. The van der Waals surface area contributed by atoms with Crippen LogP contribution in [-0.2, 0) is 0 Å². The summed E-state index contributed by atoms with van der Waals surface area (Å²) < 4.78 is 5.12. The summed E-state index contributed by atoms with van der Waals surface area (Å²) in [5.41, 5.74) is 2.34. The SMILES string of the molecule is COc1ccc2[nH]c(C)cc2c1.OCCCBr. The van der Waals surface area contributed by atoms with E-state index in [4.69, 9.17) is 9.84 Å². The van der Waals surface area contributed by atoms with E-state index >= 15 is 0 Å². The van der Waals surface area contributed by atoms with Crippen LogP contribution in [0.4, 0.5) is 0 Å². The first-order valence-corrected chi connectivity index (χ1v) is 6.63. The van der Waals surface area contributed by atoms with Gasteiger partial charge in [0.05, 0.1) is 7.11 Å². The average molecular weight is 300 g/mol. The quantitative estimate of drug-likeness (QED) is 0.855. The molecule has 94 valence electrons. The molecule has 0 aliphatic heterocycles. The number of alkyl halides is 1. The molecule has 2 N–H and O–H groups in total. The normalized spacial score (nSPS) is 9.88. The molecule has 0 saturated carbocycles. The van der Waals surface area contributed by atoms with Crippen molar-refractivity contribution in [2.75, 3.05) is 19.0 Å². The molecule has 0 unspecified atom stereocenters. The number of ether oxygens (including phenoxy) is 1. The fraction of sp³-hybridized carbons (Fsp3) is 0.385. The summed E-state index contributed by atoms with van der Waals surface area (Å²) in [6, 6.07) is 8.12. The number of methoxy groups -OCH3 is 1. The van der Waals surface area contributed by atoms with Gasteiger partial charge >= 0.3 is 0 Å². The lowest BCUT2D eigenvalue weighted by molar-refractivity contribution is 0.296. The van der Waals surface area contributed by atoms with Crippen LogP contribution in [0, 0.1) is 6.92 Å². The standard InChI is InChI=1S/C10H11NO.C3H7BrO/c1-7-5-8-6-9(12-2)3-4-10(8)11-7;4-2-1-3-5/h3-6,11H,1-2H3;5H,1-3H2. The Morgan fingerprint density at radius 1 is 1.35 bits per heavy atom. The molecule has 0 amide bonds. The Morgan fingerprint density at radius 2 is 2.12 bits per heavy atom. The number of aliphatic hydroxyl groups excluding tert-OH is 1. The van der Waals surface area contributed by atoms with Crippen molar-refractivity contribution in [2.45, 2.75) is 13.3 Å². The van der Waals surface area contributed by atoms with Crippen molar-refractivity contribution in [1.29, 1.82) is 0 Å². The minimum Gasteiger partial charge on any atom is -0.497 e. The summed E-state index contributed by atoms with van der Waals surface area (Å²) in [6.07, 6.45) is 0.861. The number of benzene rings is 1. The topological polar surface area (TPSA) is 45.2 Å². The third-order valence-corrected chi connectivity index (χ3v) is 2.82. The summed E-state index contributed by atoms with van der Waals surface area (Å²) in [4.78, 5) is 3.25. The van der Waals surface area contributed by atoms with Gasteiger partial charge in [-0.15, -0.1) is 0 Å². The molecule has 0 bridgehead atoms. The van der Waals surface area contributed by atoms with Crippen LogP contribution >= 0.6 is 15.9 Å². The molecular formula is C13H18BrNO2. The van der Waals surface area contributed by atoms with E-state index in [1.54, 1.807) is 7.11 Å². The average Bonchev–Trinajstić information content (AvgIpc) is 2.69. The molecule has 0 fully saturated rings. The van der Waals surface area contributed by atoms with Gasteiger partial charge in [-0.25, -0.2) is 0 Å². The molecule has 2 rings (SSSR count). The lowest BCUT2D eigenvalue weighted by atomic mass is 10.2. The second-order valence-corrected chi connectivity index (χ2v) is 4.46. The molecule has 0 aliphatic carbocycles. The fourth-order valence-electron chi connectivity index (χ4n) is 1.44. The first-order valence-electron chi connectivity index (χ1n) is 5.51. The maximum Gasteiger partial charge on any atom is 0.119 e. The summed E-state index contributed by atoms with van der Waals surface area (Å²) in [7, 11) is 1.68. The molecule has 17 heavy (non-hydrogen) atoms. The molecule has 0 atom stereocenters. The number of nitrogens with one attached hydrogen (secondary N) is 1. The number of halogens is 1. The molecule has 1 heterocycles. The number of fused-ring (bicyclic) bond motifs is 1. The number of aromatic nitrogens is 1. The molecule has 2 aromatic rings. The zero-order valence-corrected chi connectivity index (χ0v) is 11.8. The Hall–Kier alpha value is -1.00. The number of rotatable bonds is 3. The Morgan fingerprint density at radius 3 is 2.65 bits per heavy atom. The fourth-order valence-corrected chi connectivity index (χ4v) is 1.69. The van der Waals surface area contributed by atoms with Crippen molar-refractivity contribution in [3.63, 3.8) is 0 Å². The Balaban J connectivity index is 0.000000249. The Bertz CT molecular complexity index is 452. The molecule has 0 saturated heterocycles. The summed E-state index contributed by atoms with van der Waals surface area (Å²) in [6.45, 7) is 2.34. The highest BCUT2D eigenvalue weighted by Crippen LogP contribution is 2.20. The molecule has 3 nitrogen and oxygen atoms in total. The van der Waals surface area contributed by atoms with Crippen LogP contribution in [0.5, 0.6) is 5.75 Å². The molecule has 0 spiro atoms. The monoisotopic (exact) mass is 299 g/mol. The second-order valence-electron chi connectivity index (χ2n) is 3.67. The van der Waals surface area contributed by atoms with E-state index in [1.807, 2.05) is 25.1 Å². The highest BCUT2D eigenvalue weighted by Gasteiger charge is 1.97. The molecule has 1 aromatic carbocycles. The van der Waals surface area contributed by atoms with Gasteiger partial charge in [-0.1, -0.05) is 15.9 Å². The third kappa shape index (κ3) is 4.40. The lowest BCUT2D eigenvalue weighted by Gasteiger charge is -1.97. The molecule has 0 aliphatic rings. The third-order valence-electron chi connectivity index (χ3n) is 2.25. The van der Waals surface area contributed by atoms with E-state index in [9.17, 15) is 0 Å². The number of aryl methyl sites for hydroxylation is 1. The number of aromatic amines is 1. The van der Waals surface area contributed by atoms with Crippen LogP contribution in [0.3, 0.4) is 0 Å². The van der Waals surface area contributed by atoms with Crippen molar-refractivity contribution in [3.05, 3.63) is 30.0 Å². The van der Waals surface area contributed by atoms with E-state index in [-0.39, 0.29) is 0 Å².